The third kappa shape index (κ3) is 4.13. The molecule has 11 heteroatoms. The van der Waals surface area contributed by atoms with Crippen LogP contribution in [-0.4, -0.2) is 42.3 Å². The third-order valence-corrected chi connectivity index (χ3v) is 6.54. The summed E-state index contributed by atoms with van der Waals surface area (Å²) in [6.07, 6.45) is -0.0130. The number of ether oxygens (including phenoxy) is 2. The number of amides is 3. The third-order valence-electron chi connectivity index (χ3n) is 6.54. The zero-order chi connectivity index (χ0) is 27.1. The largest absolute Gasteiger partial charge is 0.497 e. The fourth-order valence-electron chi connectivity index (χ4n) is 4.67. The van der Waals surface area contributed by atoms with Gasteiger partial charge >= 0.3 is 5.97 Å². The van der Waals surface area contributed by atoms with Crippen LogP contribution in [0.1, 0.15) is 32.7 Å². The van der Waals surface area contributed by atoms with Crippen molar-refractivity contribution in [1.82, 2.24) is 0 Å². The highest BCUT2D eigenvalue weighted by molar-refractivity contribution is 6.35. The fraction of sp³-hybridized carbons (Fsp3) is 0.185. The lowest BCUT2D eigenvalue weighted by atomic mass is 10.1. The maximum absolute atomic E-state index is 13.0. The Morgan fingerprint density at radius 3 is 2.47 bits per heavy atom. The molecule has 0 aliphatic carbocycles. The van der Waals surface area contributed by atoms with E-state index < -0.39 is 34.3 Å². The summed E-state index contributed by atoms with van der Waals surface area (Å²) in [5.74, 6) is -2.21. The van der Waals surface area contributed by atoms with Gasteiger partial charge in [0.05, 0.1) is 29.2 Å². The summed E-state index contributed by atoms with van der Waals surface area (Å²) in [5, 5.41) is 11.4. The van der Waals surface area contributed by atoms with E-state index >= 15 is 0 Å². The molecule has 0 radical (unpaired) electrons. The Morgan fingerprint density at radius 1 is 1.00 bits per heavy atom. The molecule has 0 unspecified atom stereocenters. The minimum atomic E-state index is -0.799. The van der Waals surface area contributed by atoms with E-state index in [-0.39, 0.29) is 41.4 Å². The summed E-state index contributed by atoms with van der Waals surface area (Å²) in [6, 6.07) is 15.2. The number of imide groups is 1. The van der Waals surface area contributed by atoms with E-state index in [9.17, 15) is 29.3 Å². The number of carbonyl (C=O) groups is 4. The van der Waals surface area contributed by atoms with Crippen LogP contribution in [0.15, 0.2) is 60.7 Å². The Hall–Kier alpha value is -5.06. The highest BCUT2D eigenvalue weighted by Gasteiger charge is 2.42. The van der Waals surface area contributed by atoms with Crippen molar-refractivity contribution in [2.75, 3.05) is 23.5 Å². The van der Waals surface area contributed by atoms with Gasteiger partial charge in [-0.1, -0.05) is 12.1 Å². The minimum absolute atomic E-state index is 0.0130. The second-order valence-corrected chi connectivity index (χ2v) is 8.88. The Labute approximate surface area is 216 Å². The number of aryl methyl sites for hydroxylation is 1. The Kier molecular flexibility index (Phi) is 6.11. The second kappa shape index (κ2) is 9.43. The molecule has 11 nitrogen and oxygen atoms in total. The first-order chi connectivity index (χ1) is 18.2. The molecule has 0 aromatic heterocycles. The molecule has 1 fully saturated rings. The van der Waals surface area contributed by atoms with Gasteiger partial charge in [0.15, 0.2) is 0 Å². The molecule has 5 rings (SSSR count). The van der Waals surface area contributed by atoms with Crippen LogP contribution in [0.25, 0.3) is 0 Å². The normalized spacial score (nSPS) is 16.6. The molecule has 0 N–H and O–H groups in total. The van der Waals surface area contributed by atoms with Crippen LogP contribution in [-0.2, 0) is 9.59 Å². The Morgan fingerprint density at radius 2 is 1.76 bits per heavy atom. The Balaban J connectivity index is 1.32. The number of fused-ring (bicyclic) bond motifs is 1. The molecule has 1 atom stereocenters. The lowest BCUT2D eigenvalue weighted by Gasteiger charge is -2.18. The number of rotatable bonds is 6. The average Bonchev–Trinajstić information content (AvgIpc) is 3.41. The molecule has 3 aromatic carbocycles. The number of nitrogens with zero attached hydrogens (tertiary/aromatic N) is 3. The lowest BCUT2D eigenvalue weighted by molar-refractivity contribution is -0.385. The number of esters is 1. The molecule has 38 heavy (non-hydrogen) atoms. The predicted octanol–water partition coefficient (Wildman–Crippen LogP) is 3.67. The molecule has 0 spiro atoms. The molecule has 2 aliphatic rings. The molecule has 3 aromatic rings. The van der Waals surface area contributed by atoms with Crippen LogP contribution in [0.4, 0.5) is 17.1 Å². The molecule has 0 saturated carbocycles. The van der Waals surface area contributed by atoms with Crippen LogP contribution >= 0.6 is 0 Å². The van der Waals surface area contributed by atoms with Crippen LogP contribution in [0.2, 0.25) is 0 Å². The van der Waals surface area contributed by atoms with Gasteiger partial charge in [-0.25, -0.2) is 4.90 Å². The summed E-state index contributed by atoms with van der Waals surface area (Å²) >= 11 is 0. The SMILES string of the molecule is COc1cccc(N2C[C@H](C(=O)Oc3ccc(N4C(=O)c5cccc([N+](=O)[O-])c5C4=O)c(C)c3)CC2=O)c1. The van der Waals surface area contributed by atoms with E-state index in [2.05, 4.69) is 0 Å². The zero-order valence-corrected chi connectivity index (χ0v) is 20.4. The van der Waals surface area contributed by atoms with E-state index in [0.29, 0.717) is 17.0 Å². The van der Waals surface area contributed by atoms with Crippen LogP contribution in [0.5, 0.6) is 11.5 Å². The quantitative estimate of drug-likeness (QED) is 0.159. The highest BCUT2D eigenvalue weighted by Crippen LogP contribution is 2.36. The summed E-state index contributed by atoms with van der Waals surface area (Å²) in [6.45, 7) is 1.77. The molecule has 2 heterocycles. The van der Waals surface area contributed by atoms with Crippen molar-refractivity contribution in [2.24, 2.45) is 5.92 Å². The molecule has 192 valence electrons. The molecule has 2 aliphatic heterocycles. The number of carbonyl (C=O) groups excluding carboxylic acids is 4. The fourth-order valence-corrected chi connectivity index (χ4v) is 4.67. The van der Waals surface area contributed by atoms with E-state index in [1.54, 1.807) is 31.2 Å². The van der Waals surface area contributed by atoms with Crippen molar-refractivity contribution < 1.29 is 33.6 Å². The van der Waals surface area contributed by atoms with Gasteiger partial charge in [-0.3, -0.25) is 29.3 Å². The van der Waals surface area contributed by atoms with Crippen molar-refractivity contribution in [3.8, 4) is 11.5 Å². The van der Waals surface area contributed by atoms with Crippen molar-refractivity contribution in [2.45, 2.75) is 13.3 Å². The minimum Gasteiger partial charge on any atom is -0.497 e. The highest BCUT2D eigenvalue weighted by atomic mass is 16.6. The summed E-state index contributed by atoms with van der Waals surface area (Å²) < 4.78 is 10.7. The molecular formula is C27H21N3O8. The molecule has 0 bridgehead atoms. The molecular weight excluding hydrogens is 494 g/mol. The van der Waals surface area contributed by atoms with Gasteiger partial charge in [0, 0.05) is 30.8 Å². The number of nitro groups is 1. The standard InChI is InChI=1S/C27H21N3O8/c1-15-11-19(38-27(34)16-12-23(31)28(14-16)17-5-3-6-18(13-17)37-2)9-10-21(15)29-25(32)20-7-4-8-22(30(35)36)24(20)26(29)33/h3-11,13,16H,12,14H2,1-2H3/t16-/m1/s1. The van der Waals surface area contributed by atoms with Gasteiger partial charge in [0.2, 0.25) is 5.91 Å². The number of nitro benzene ring substituents is 1. The summed E-state index contributed by atoms with van der Waals surface area (Å²) in [4.78, 5) is 64.4. The summed E-state index contributed by atoms with van der Waals surface area (Å²) in [7, 11) is 1.52. The van der Waals surface area contributed by atoms with Gasteiger partial charge in [0.1, 0.15) is 17.1 Å². The van der Waals surface area contributed by atoms with Crippen molar-refractivity contribution in [1.29, 1.82) is 0 Å². The van der Waals surface area contributed by atoms with Crippen molar-refractivity contribution >= 4 is 40.8 Å². The van der Waals surface area contributed by atoms with Gasteiger partial charge in [-0.05, 0) is 48.9 Å². The molecule has 3 amide bonds. The van der Waals surface area contributed by atoms with E-state index in [1.165, 1.54) is 48.4 Å². The zero-order valence-electron chi connectivity index (χ0n) is 20.4. The van der Waals surface area contributed by atoms with Gasteiger partial charge in [0.25, 0.3) is 17.5 Å². The number of hydrogen-bond acceptors (Lipinski definition) is 8. The van der Waals surface area contributed by atoms with E-state index in [0.717, 1.165) is 4.90 Å². The monoisotopic (exact) mass is 515 g/mol. The maximum atomic E-state index is 13.0. The second-order valence-electron chi connectivity index (χ2n) is 8.88. The van der Waals surface area contributed by atoms with Crippen molar-refractivity contribution in [3.63, 3.8) is 0 Å². The number of methoxy groups -OCH3 is 1. The van der Waals surface area contributed by atoms with Gasteiger partial charge in [-0.15, -0.1) is 0 Å². The average molecular weight is 515 g/mol. The number of benzene rings is 3. The smallest absolute Gasteiger partial charge is 0.316 e. The van der Waals surface area contributed by atoms with E-state index in [1.807, 2.05) is 0 Å². The number of anilines is 2. The van der Waals surface area contributed by atoms with Crippen molar-refractivity contribution in [3.05, 3.63) is 87.5 Å². The van der Waals surface area contributed by atoms with Gasteiger partial charge in [-0.2, -0.15) is 0 Å². The molecule has 1 saturated heterocycles. The van der Waals surface area contributed by atoms with E-state index in [4.69, 9.17) is 9.47 Å². The first kappa shape index (κ1) is 24.6. The first-order valence-electron chi connectivity index (χ1n) is 11.6. The van der Waals surface area contributed by atoms with Gasteiger partial charge < -0.3 is 14.4 Å². The lowest BCUT2D eigenvalue weighted by Crippen LogP contribution is -2.30. The Bertz CT molecular complexity index is 1530. The first-order valence-corrected chi connectivity index (χ1v) is 11.6. The summed E-state index contributed by atoms with van der Waals surface area (Å²) in [5.41, 5.74) is 0.514. The van der Waals surface area contributed by atoms with Crippen LogP contribution in [0.3, 0.4) is 0 Å². The maximum Gasteiger partial charge on any atom is 0.316 e. The van der Waals surface area contributed by atoms with Crippen LogP contribution < -0.4 is 19.3 Å². The predicted molar refractivity (Wildman–Crippen MR) is 135 cm³/mol. The number of hydrogen-bond donors (Lipinski definition) is 0. The topological polar surface area (TPSA) is 136 Å². The van der Waals surface area contributed by atoms with Crippen LogP contribution in [0, 0.1) is 23.0 Å².